The highest BCUT2D eigenvalue weighted by Crippen LogP contribution is 2.25. The number of phosphoric acid groups is 1. The second kappa shape index (κ2) is 12.7. The molecule has 0 bridgehead atoms. The van der Waals surface area contributed by atoms with Crippen molar-refractivity contribution in [3.63, 3.8) is 0 Å². The third kappa shape index (κ3) is 22.6. The minimum absolute atomic E-state index is 0.365. The predicted octanol–water partition coefficient (Wildman–Crippen LogP) is -3.85. The van der Waals surface area contributed by atoms with Gasteiger partial charge in [-0.1, -0.05) is 0 Å². The van der Waals surface area contributed by atoms with E-state index in [0.29, 0.717) is 0 Å². The molecule has 0 unspecified atom stereocenters. The molecule has 0 rings (SSSR count). The fraction of sp³-hybridized carbons (Fsp3) is 0.667. The molecule has 0 aliphatic heterocycles. The number of aliphatic hydroxyl groups excluding tert-OH is 3. The Morgan fingerprint density at radius 2 is 1.12 bits per heavy atom. The second-order valence-electron chi connectivity index (χ2n) is 4.01. The van der Waals surface area contributed by atoms with Crippen LogP contribution in [0, 0.1) is 0 Å². The van der Waals surface area contributed by atoms with E-state index in [0.717, 1.165) is 0 Å². The largest absolute Gasteiger partial charge is 0.481 e. The number of aliphatic carboxylic acids is 3. The molecule has 0 spiro atoms. The maximum Gasteiger partial charge on any atom is 0.466 e. The molecular formula is C9H19O14P. The van der Waals surface area contributed by atoms with E-state index in [1.54, 1.807) is 0 Å². The van der Waals surface area contributed by atoms with Crippen molar-refractivity contribution in [3.8, 4) is 0 Å². The highest BCUT2D eigenvalue weighted by Gasteiger charge is 2.40. The standard InChI is InChI=1S/C6H8O7.C3H8O3.H3O4P/c7-3(8)1-6(13,5(11)12)2-4(9)10;4-1-3(6)2-5;1-5(2,3)4/h13H,1-2H2,(H,7,8)(H,9,10)(H,11,12);3-6H,1-2H2;(H3,1,2,3,4). The van der Waals surface area contributed by atoms with Gasteiger partial charge in [0, 0.05) is 0 Å². The van der Waals surface area contributed by atoms with Crippen molar-refractivity contribution in [2.24, 2.45) is 0 Å². The monoisotopic (exact) mass is 382 g/mol. The van der Waals surface area contributed by atoms with Crippen LogP contribution in [0.3, 0.4) is 0 Å². The smallest absolute Gasteiger partial charge is 0.466 e. The summed E-state index contributed by atoms with van der Waals surface area (Å²) in [6.07, 6.45) is -3.24. The molecule has 0 radical (unpaired) electrons. The molecule has 14 nitrogen and oxygen atoms in total. The van der Waals surface area contributed by atoms with Crippen molar-refractivity contribution >= 4 is 25.7 Å². The number of hydrogen-bond acceptors (Lipinski definition) is 8. The van der Waals surface area contributed by atoms with Crippen LogP contribution in [0.4, 0.5) is 0 Å². The maximum absolute atomic E-state index is 10.3. The Bertz CT molecular complexity index is 413. The molecule has 0 saturated heterocycles. The SMILES string of the molecule is O=C(O)CC(O)(CC(=O)O)C(=O)O.O=P(O)(O)O.OCC(O)CO. The first-order valence-corrected chi connectivity index (χ1v) is 7.23. The number of carboxylic acids is 3. The van der Waals surface area contributed by atoms with E-state index in [2.05, 4.69) is 0 Å². The van der Waals surface area contributed by atoms with Crippen LogP contribution in [0.15, 0.2) is 0 Å². The summed E-state index contributed by atoms with van der Waals surface area (Å²) in [5.74, 6) is -5.02. The van der Waals surface area contributed by atoms with Gasteiger partial charge in [0.2, 0.25) is 0 Å². The van der Waals surface area contributed by atoms with Gasteiger partial charge in [0.15, 0.2) is 5.60 Å². The van der Waals surface area contributed by atoms with Crippen molar-refractivity contribution < 1.29 is 69.4 Å². The van der Waals surface area contributed by atoms with E-state index in [1.807, 2.05) is 0 Å². The van der Waals surface area contributed by atoms with E-state index < -0.39 is 50.3 Å². The molecule has 0 aromatic rings. The lowest BCUT2D eigenvalue weighted by molar-refractivity contribution is -0.170. The summed E-state index contributed by atoms with van der Waals surface area (Å²) in [5, 5.41) is 57.8. The Kier molecular flexibility index (Phi) is 14.5. The van der Waals surface area contributed by atoms with Crippen molar-refractivity contribution in [2.45, 2.75) is 24.5 Å². The van der Waals surface area contributed by atoms with E-state index in [4.69, 9.17) is 55.0 Å². The molecule has 144 valence electrons. The van der Waals surface area contributed by atoms with Gasteiger partial charge < -0.3 is 50.4 Å². The Hall–Kier alpha value is -1.64. The minimum Gasteiger partial charge on any atom is -0.481 e. The van der Waals surface area contributed by atoms with Crippen molar-refractivity contribution in [1.29, 1.82) is 0 Å². The molecule has 10 N–H and O–H groups in total. The molecule has 0 atom stereocenters. The highest BCUT2D eigenvalue weighted by atomic mass is 31.2. The van der Waals surface area contributed by atoms with Crippen molar-refractivity contribution in [1.82, 2.24) is 0 Å². The van der Waals surface area contributed by atoms with Gasteiger partial charge in [-0.05, 0) is 0 Å². The lowest BCUT2D eigenvalue weighted by Crippen LogP contribution is -2.42. The van der Waals surface area contributed by atoms with Crippen LogP contribution in [-0.2, 0) is 18.9 Å². The summed E-state index contributed by atoms with van der Waals surface area (Å²) in [4.78, 5) is 52.0. The molecular weight excluding hydrogens is 363 g/mol. The van der Waals surface area contributed by atoms with Crippen LogP contribution in [0.25, 0.3) is 0 Å². The Balaban J connectivity index is -0.000000332. The maximum atomic E-state index is 10.3. The van der Waals surface area contributed by atoms with Gasteiger partial charge in [0.05, 0.1) is 26.1 Å². The lowest BCUT2D eigenvalue weighted by Gasteiger charge is -2.18. The summed E-state index contributed by atoms with van der Waals surface area (Å²) in [5.41, 5.74) is -2.74. The van der Waals surface area contributed by atoms with Crippen LogP contribution in [0.5, 0.6) is 0 Å². The van der Waals surface area contributed by atoms with Crippen molar-refractivity contribution in [2.75, 3.05) is 13.2 Å². The minimum atomic E-state index is -4.64. The number of rotatable bonds is 7. The fourth-order valence-corrected chi connectivity index (χ4v) is 0.772. The zero-order valence-corrected chi connectivity index (χ0v) is 12.9. The molecule has 0 fully saturated rings. The third-order valence-electron chi connectivity index (χ3n) is 1.71. The topological polar surface area (TPSA) is 271 Å². The molecule has 0 aliphatic carbocycles. The van der Waals surface area contributed by atoms with Gasteiger partial charge in [-0.15, -0.1) is 0 Å². The van der Waals surface area contributed by atoms with Crippen molar-refractivity contribution in [3.05, 3.63) is 0 Å². The zero-order chi connectivity index (χ0) is 20.1. The van der Waals surface area contributed by atoms with Gasteiger partial charge in [0.1, 0.15) is 6.10 Å². The molecule has 0 aromatic heterocycles. The number of hydrogen-bond donors (Lipinski definition) is 10. The zero-order valence-electron chi connectivity index (χ0n) is 12.0. The van der Waals surface area contributed by atoms with Crippen LogP contribution in [0.1, 0.15) is 12.8 Å². The van der Waals surface area contributed by atoms with Gasteiger partial charge >= 0.3 is 25.7 Å². The predicted molar refractivity (Wildman–Crippen MR) is 71.5 cm³/mol. The van der Waals surface area contributed by atoms with E-state index in [9.17, 15) is 14.4 Å². The van der Waals surface area contributed by atoms with Gasteiger partial charge in [0.25, 0.3) is 0 Å². The summed E-state index contributed by atoms with van der Waals surface area (Å²) in [6, 6.07) is 0. The van der Waals surface area contributed by atoms with E-state index in [-0.39, 0.29) is 13.2 Å². The average molecular weight is 382 g/mol. The Morgan fingerprint density at radius 3 is 1.21 bits per heavy atom. The lowest BCUT2D eigenvalue weighted by atomic mass is 9.96. The molecule has 15 heteroatoms. The van der Waals surface area contributed by atoms with Crippen LogP contribution in [0.2, 0.25) is 0 Å². The van der Waals surface area contributed by atoms with Crippen LogP contribution >= 0.6 is 7.82 Å². The summed E-state index contributed by atoms with van der Waals surface area (Å²) in [6.45, 7) is -0.729. The van der Waals surface area contributed by atoms with Gasteiger partial charge in [-0.3, -0.25) is 9.59 Å². The Labute approximate surface area is 134 Å². The molecule has 0 heterocycles. The first-order valence-electron chi connectivity index (χ1n) is 5.66. The Morgan fingerprint density at radius 1 is 0.875 bits per heavy atom. The van der Waals surface area contributed by atoms with Crippen LogP contribution < -0.4 is 0 Å². The quantitative estimate of drug-likeness (QED) is 0.189. The average Bonchev–Trinajstić information content (AvgIpc) is 2.34. The van der Waals surface area contributed by atoms with E-state index >= 15 is 0 Å². The first kappa shape index (κ1) is 27.2. The molecule has 0 saturated carbocycles. The summed E-state index contributed by atoms with van der Waals surface area (Å²) < 4.78 is 8.88. The summed E-state index contributed by atoms with van der Waals surface area (Å²) >= 11 is 0. The molecule has 0 aliphatic rings. The number of carboxylic acid groups (broad SMARTS) is 3. The number of carbonyl (C=O) groups is 3. The number of aliphatic hydroxyl groups is 4. The molecule has 24 heavy (non-hydrogen) atoms. The van der Waals surface area contributed by atoms with Crippen LogP contribution in [-0.4, -0.2) is 93.3 Å². The first-order chi connectivity index (χ1) is 10.6. The molecule has 0 amide bonds. The van der Waals surface area contributed by atoms with Gasteiger partial charge in [-0.2, -0.15) is 0 Å². The fourth-order valence-electron chi connectivity index (χ4n) is 0.772. The second-order valence-corrected chi connectivity index (χ2v) is 5.04. The highest BCUT2D eigenvalue weighted by molar-refractivity contribution is 7.45. The normalized spacial score (nSPS) is 10.8. The third-order valence-corrected chi connectivity index (χ3v) is 1.71. The molecule has 0 aromatic carbocycles. The summed E-state index contributed by atoms with van der Waals surface area (Å²) in [7, 11) is -4.64. The van der Waals surface area contributed by atoms with E-state index in [1.165, 1.54) is 0 Å². The van der Waals surface area contributed by atoms with Gasteiger partial charge in [-0.25, -0.2) is 9.36 Å².